The summed E-state index contributed by atoms with van der Waals surface area (Å²) in [5.74, 6) is -0.233. The number of hydrogen-bond acceptors (Lipinski definition) is 3. The number of unbranched alkanes of at least 4 members (excludes halogenated alkanes) is 7. The molecule has 0 bridgehead atoms. The molecule has 21 heavy (non-hydrogen) atoms. The molecule has 1 heterocycles. The van der Waals surface area contributed by atoms with E-state index in [1.165, 1.54) is 56.8 Å². The van der Waals surface area contributed by atoms with Gasteiger partial charge in [-0.1, -0.05) is 51.9 Å². The number of ether oxygens (including phenoxy) is 1. The van der Waals surface area contributed by atoms with Gasteiger partial charge in [-0.2, -0.15) is 0 Å². The van der Waals surface area contributed by atoms with Crippen LogP contribution in [-0.4, -0.2) is 28.5 Å². The Morgan fingerprint density at radius 3 is 2.10 bits per heavy atom. The summed E-state index contributed by atoms with van der Waals surface area (Å²) in [6.45, 7) is 7.47. The van der Waals surface area contributed by atoms with Gasteiger partial charge < -0.3 is 4.74 Å². The van der Waals surface area contributed by atoms with Gasteiger partial charge >= 0.3 is 6.09 Å². The van der Waals surface area contributed by atoms with E-state index in [2.05, 4.69) is 6.92 Å². The van der Waals surface area contributed by atoms with Crippen molar-refractivity contribution in [1.82, 2.24) is 4.90 Å². The van der Waals surface area contributed by atoms with Gasteiger partial charge in [0, 0.05) is 6.92 Å². The fourth-order valence-corrected chi connectivity index (χ4v) is 3.11. The zero-order chi connectivity index (χ0) is 15.9. The Balaban J connectivity index is 2.24. The van der Waals surface area contributed by atoms with Crippen molar-refractivity contribution in [3.63, 3.8) is 0 Å². The molecule has 0 radical (unpaired) electrons. The molecule has 122 valence electrons. The zero-order valence-electron chi connectivity index (χ0n) is 14.1. The number of carbonyl (C=O) groups excluding carboxylic acids is 2. The van der Waals surface area contributed by atoms with E-state index in [1.807, 2.05) is 13.8 Å². The first-order chi connectivity index (χ1) is 9.91. The molecule has 1 rings (SSSR count). The SMILES string of the molecule is CCCCCCCCCCC1OC(=O)N(C(C)=O)C1(C)C. The molecule has 0 saturated carbocycles. The van der Waals surface area contributed by atoms with E-state index in [0.717, 1.165) is 12.8 Å². The van der Waals surface area contributed by atoms with E-state index in [4.69, 9.17) is 4.74 Å². The van der Waals surface area contributed by atoms with Crippen LogP contribution in [0.25, 0.3) is 0 Å². The highest BCUT2D eigenvalue weighted by molar-refractivity contribution is 5.93. The monoisotopic (exact) mass is 297 g/mol. The molecule has 2 amide bonds. The van der Waals surface area contributed by atoms with E-state index in [9.17, 15) is 9.59 Å². The molecule has 4 heteroatoms. The Labute approximate surface area is 129 Å². The van der Waals surface area contributed by atoms with Crippen LogP contribution in [0.5, 0.6) is 0 Å². The number of nitrogens with zero attached hydrogens (tertiary/aromatic N) is 1. The standard InChI is InChI=1S/C17H31NO3/c1-5-6-7-8-9-10-11-12-13-15-17(3,4)18(14(2)19)16(20)21-15/h15H,5-13H2,1-4H3. The molecule has 0 aromatic rings. The zero-order valence-corrected chi connectivity index (χ0v) is 14.1. The fraction of sp³-hybridized carbons (Fsp3) is 0.882. The van der Waals surface area contributed by atoms with Crippen LogP contribution >= 0.6 is 0 Å². The van der Waals surface area contributed by atoms with Crippen molar-refractivity contribution < 1.29 is 14.3 Å². The Kier molecular flexibility index (Phi) is 7.20. The largest absolute Gasteiger partial charge is 0.443 e. The molecule has 0 aromatic heterocycles. The van der Waals surface area contributed by atoms with Crippen LogP contribution in [0, 0.1) is 0 Å². The molecule has 0 aromatic carbocycles. The molecule has 1 atom stereocenters. The molecular formula is C17H31NO3. The average molecular weight is 297 g/mol. The van der Waals surface area contributed by atoms with Crippen molar-refractivity contribution in [1.29, 1.82) is 0 Å². The topological polar surface area (TPSA) is 46.6 Å². The van der Waals surface area contributed by atoms with Crippen molar-refractivity contribution >= 4 is 12.0 Å². The van der Waals surface area contributed by atoms with Gasteiger partial charge in [-0.15, -0.1) is 0 Å². The molecule has 1 aliphatic heterocycles. The van der Waals surface area contributed by atoms with E-state index >= 15 is 0 Å². The highest BCUT2D eigenvalue weighted by Gasteiger charge is 2.49. The summed E-state index contributed by atoms with van der Waals surface area (Å²) in [4.78, 5) is 24.6. The molecule has 1 unspecified atom stereocenters. The van der Waals surface area contributed by atoms with Crippen LogP contribution in [0.3, 0.4) is 0 Å². The first kappa shape index (κ1) is 18.0. The summed E-state index contributed by atoms with van der Waals surface area (Å²) in [6.07, 6.45) is 10.3. The lowest BCUT2D eigenvalue weighted by molar-refractivity contribution is -0.129. The molecule has 1 saturated heterocycles. The number of imide groups is 1. The Morgan fingerprint density at radius 2 is 1.62 bits per heavy atom. The normalized spacial score (nSPS) is 20.7. The average Bonchev–Trinajstić information content (AvgIpc) is 2.62. The predicted molar refractivity (Wildman–Crippen MR) is 84.1 cm³/mol. The van der Waals surface area contributed by atoms with Gasteiger partial charge in [0.15, 0.2) is 0 Å². The molecule has 0 spiro atoms. The van der Waals surface area contributed by atoms with Crippen LogP contribution in [0.2, 0.25) is 0 Å². The molecule has 0 aliphatic carbocycles. The molecule has 0 N–H and O–H groups in total. The predicted octanol–water partition coefficient (Wildman–Crippen LogP) is 4.66. The second-order valence-corrected chi connectivity index (χ2v) is 6.64. The highest BCUT2D eigenvalue weighted by Crippen LogP contribution is 2.33. The number of amides is 2. The maximum absolute atomic E-state index is 11.8. The molecule has 1 aliphatic rings. The van der Waals surface area contributed by atoms with Crippen LogP contribution in [0.15, 0.2) is 0 Å². The number of cyclic esters (lactones) is 1. The minimum absolute atomic E-state index is 0.172. The van der Waals surface area contributed by atoms with Crippen LogP contribution in [-0.2, 0) is 9.53 Å². The maximum atomic E-state index is 11.8. The van der Waals surface area contributed by atoms with Gasteiger partial charge in [-0.05, 0) is 26.7 Å². The van der Waals surface area contributed by atoms with Gasteiger partial charge in [-0.25, -0.2) is 9.69 Å². The smallest absolute Gasteiger partial charge is 0.417 e. The van der Waals surface area contributed by atoms with Crippen molar-refractivity contribution in [2.24, 2.45) is 0 Å². The van der Waals surface area contributed by atoms with E-state index in [0.29, 0.717) is 0 Å². The van der Waals surface area contributed by atoms with Gasteiger partial charge in [-0.3, -0.25) is 4.79 Å². The van der Waals surface area contributed by atoms with E-state index in [-0.39, 0.29) is 12.0 Å². The van der Waals surface area contributed by atoms with Crippen molar-refractivity contribution in [3.8, 4) is 0 Å². The second-order valence-electron chi connectivity index (χ2n) is 6.64. The summed E-state index contributed by atoms with van der Waals surface area (Å²) in [5.41, 5.74) is -0.524. The van der Waals surface area contributed by atoms with Gasteiger partial charge in [0.1, 0.15) is 6.10 Å². The van der Waals surface area contributed by atoms with Gasteiger partial charge in [0.2, 0.25) is 5.91 Å². The van der Waals surface area contributed by atoms with Crippen LogP contribution < -0.4 is 0 Å². The summed E-state index contributed by atoms with van der Waals surface area (Å²) >= 11 is 0. The molecular weight excluding hydrogens is 266 g/mol. The fourth-order valence-electron chi connectivity index (χ4n) is 3.11. The van der Waals surface area contributed by atoms with Gasteiger partial charge in [0.25, 0.3) is 0 Å². The summed E-state index contributed by atoms with van der Waals surface area (Å²) < 4.78 is 5.38. The minimum Gasteiger partial charge on any atom is -0.443 e. The quantitative estimate of drug-likeness (QED) is 0.581. The number of carbonyl (C=O) groups is 2. The lowest BCUT2D eigenvalue weighted by atomic mass is 9.92. The lowest BCUT2D eigenvalue weighted by Gasteiger charge is -2.29. The first-order valence-electron chi connectivity index (χ1n) is 8.42. The Hall–Kier alpha value is -1.06. The van der Waals surface area contributed by atoms with E-state index < -0.39 is 11.6 Å². The summed E-state index contributed by atoms with van der Waals surface area (Å²) in [6, 6.07) is 0. The van der Waals surface area contributed by atoms with Crippen LogP contribution in [0.4, 0.5) is 4.79 Å². The van der Waals surface area contributed by atoms with Crippen molar-refractivity contribution in [3.05, 3.63) is 0 Å². The third kappa shape index (κ3) is 5.01. The molecule has 1 fully saturated rings. The maximum Gasteiger partial charge on any atom is 0.417 e. The van der Waals surface area contributed by atoms with Crippen LogP contribution in [0.1, 0.15) is 85.5 Å². The van der Waals surface area contributed by atoms with Crippen molar-refractivity contribution in [2.45, 2.75) is 97.1 Å². The lowest BCUT2D eigenvalue weighted by Crippen LogP contribution is -2.48. The number of hydrogen-bond donors (Lipinski definition) is 0. The van der Waals surface area contributed by atoms with Gasteiger partial charge in [0.05, 0.1) is 5.54 Å². The Morgan fingerprint density at radius 1 is 1.10 bits per heavy atom. The second kappa shape index (κ2) is 8.40. The number of rotatable bonds is 9. The Bertz CT molecular complexity index is 352. The third-order valence-corrected chi connectivity index (χ3v) is 4.42. The van der Waals surface area contributed by atoms with Crippen molar-refractivity contribution in [2.75, 3.05) is 0 Å². The minimum atomic E-state index is -0.524. The summed E-state index contributed by atoms with van der Waals surface area (Å²) in [7, 11) is 0. The van der Waals surface area contributed by atoms with E-state index in [1.54, 1.807) is 0 Å². The highest BCUT2D eigenvalue weighted by atomic mass is 16.6. The molecule has 4 nitrogen and oxygen atoms in total. The first-order valence-corrected chi connectivity index (χ1v) is 8.42. The third-order valence-electron chi connectivity index (χ3n) is 4.42. The summed E-state index contributed by atoms with van der Waals surface area (Å²) in [5, 5.41) is 0.